The molecule has 4 heteroatoms. The zero-order chi connectivity index (χ0) is 17.3. The molecule has 0 aliphatic heterocycles. The highest BCUT2D eigenvalue weighted by molar-refractivity contribution is 5.91. The van der Waals surface area contributed by atoms with Crippen molar-refractivity contribution in [2.75, 3.05) is 7.05 Å². The zero-order valence-electron chi connectivity index (χ0n) is 14.0. The van der Waals surface area contributed by atoms with Crippen molar-refractivity contribution >= 4 is 11.9 Å². The number of likely N-dealkylation sites (N-methyl/N-ethyl adjacent to an activating group) is 1. The number of benzene rings is 2. The molecule has 3 rings (SSSR count). The van der Waals surface area contributed by atoms with Crippen molar-refractivity contribution in [3.63, 3.8) is 0 Å². The molecule has 0 aromatic heterocycles. The predicted molar refractivity (Wildman–Crippen MR) is 92.0 cm³/mol. The molecular weight excluding hydrogens is 302 g/mol. The predicted octanol–water partition coefficient (Wildman–Crippen LogP) is 3.38. The maximum atomic E-state index is 13.0. The van der Waals surface area contributed by atoms with Crippen molar-refractivity contribution in [2.24, 2.45) is 0 Å². The fourth-order valence-electron chi connectivity index (χ4n) is 3.16. The molecule has 0 bridgehead atoms. The van der Waals surface area contributed by atoms with Crippen LogP contribution in [0.15, 0.2) is 48.5 Å². The van der Waals surface area contributed by atoms with Gasteiger partial charge in [0.25, 0.3) is 0 Å². The Hall–Kier alpha value is -2.62. The number of nitrogens with zero attached hydrogens (tertiary/aromatic N) is 1. The van der Waals surface area contributed by atoms with Gasteiger partial charge in [0, 0.05) is 13.6 Å². The van der Waals surface area contributed by atoms with E-state index in [2.05, 4.69) is 6.07 Å². The van der Waals surface area contributed by atoms with Gasteiger partial charge in [-0.25, -0.2) is 4.79 Å². The maximum Gasteiger partial charge on any atom is 0.335 e. The lowest BCUT2D eigenvalue weighted by Gasteiger charge is -2.24. The second-order valence-corrected chi connectivity index (χ2v) is 6.61. The van der Waals surface area contributed by atoms with Gasteiger partial charge in [-0.05, 0) is 43.0 Å². The minimum absolute atomic E-state index is 0.135. The van der Waals surface area contributed by atoms with Crippen LogP contribution in [0.4, 0.5) is 0 Å². The highest BCUT2D eigenvalue weighted by Gasteiger charge is 2.52. The molecule has 0 radical (unpaired) electrons. The molecule has 0 atom stereocenters. The van der Waals surface area contributed by atoms with Crippen LogP contribution in [-0.4, -0.2) is 28.9 Å². The van der Waals surface area contributed by atoms with E-state index in [0.29, 0.717) is 6.54 Å². The van der Waals surface area contributed by atoms with E-state index in [1.54, 1.807) is 29.2 Å². The van der Waals surface area contributed by atoms with Crippen molar-refractivity contribution in [3.8, 4) is 0 Å². The topological polar surface area (TPSA) is 57.6 Å². The third kappa shape index (κ3) is 3.04. The summed E-state index contributed by atoms with van der Waals surface area (Å²) in [6.07, 6.45) is 1.77. The smallest absolute Gasteiger partial charge is 0.335 e. The standard InChI is InChI=1S/C20H21NO3/c1-14-4-3-5-17(12-14)20(10-11-20)19(24)21(2)13-15-6-8-16(9-7-15)18(22)23/h3-9,12H,10-11,13H2,1-2H3,(H,22,23). The molecule has 0 saturated heterocycles. The number of aromatic carboxylic acids is 1. The SMILES string of the molecule is Cc1cccc(C2(C(=O)N(C)Cc3ccc(C(=O)O)cc3)CC2)c1. The van der Waals surface area contributed by atoms with Crippen LogP contribution in [0.3, 0.4) is 0 Å². The van der Waals surface area contributed by atoms with Crippen molar-refractivity contribution in [2.45, 2.75) is 31.7 Å². The highest BCUT2D eigenvalue weighted by Crippen LogP contribution is 2.49. The Labute approximate surface area is 141 Å². The van der Waals surface area contributed by atoms with Gasteiger partial charge in [0.1, 0.15) is 0 Å². The van der Waals surface area contributed by atoms with Crippen LogP contribution in [0.2, 0.25) is 0 Å². The van der Waals surface area contributed by atoms with Crippen LogP contribution in [0.25, 0.3) is 0 Å². The van der Waals surface area contributed by atoms with Gasteiger partial charge < -0.3 is 10.0 Å². The zero-order valence-corrected chi connectivity index (χ0v) is 14.0. The molecule has 1 aliphatic carbocycles. The van der Waals surface area contributed by atoms with Crippen molar-refractivity contribution in [1.29, 1.82) is 0 Å². The molecule has 0 unspecified atom stereocenters. The third-order valence-electron chi connectivity index (χ3n) is 4.70. The highest BCUT2D eigenvalue weighted by atomic mass is 16.4. The summed E-state index contributed by atoms with van der Waals surface area (Å²) in [5.41, 5.74) is 3.07. The molecule has 1 amide bonds. The molecule has 1 aliphatic rings. The molecule has 24 heavy (non-hydrogen) atoms. The van der Waals surface area contributed by atoms with E-state index in [1.807, 2.05) is 32.2 Å². The number of carboxylic acid groups (broad SMARTS) is 1. The van der Waals surface area contributed by atoms with Crippen molar-refractivity contribution < 1.29 is 14.7 Å². The molecule has 0 spiro atoms. The van der Waals surface area contributed by atoms with Gasteiger partial charge in [-0.3, -0.25) is 4.79 Å². The van der Waals surface area contributed by atoms with Gasteiger partial charge in [0.2, 0.25) is 5.91 Å². The molecular formula is C20H21NO3. The number of hydrogen-bond acceptors (Lipinski definition) is 2. The Morgan fingerprint density at radius 3 is 2.33 bits per heavy atom. The Balaban J connectivity index is 1.74. The van der Waals surface area contributed by atoms with E-state index in [9.17, 15) is 9.59 Å². The molecule has 1 N–H and O–H groups in total. The van der Waals surface area contributed by atoms with Crippen LogP contribution in [0.1, 0.15) is 39.9 Å². The Kier molecular flexibility index (Phi) is 4.14. The van der Waals surface area contributed by atoms with E-state index in [1.165, 1.54) is 5.56 Å². The number of amides is 1. The fraction of sp³-hybridized carbons (Fsp3) is 0.300. The quantitative estimate of drug-likeness (QED) is 0.917. The average Bonchev–Trinajstić information content (AvgIpc) is 3.36. The first-order valence-corrected chi connectivity index (χ1v) is 8.07. The summed E-state index contributed by atoms with van der Waals surface area (Å²) < 4.78 is 0. The third-order valence-corrected chi connectivity index (χ3v) is 4.70. The van der Waals surface area contributed by atoms with E-state index in [4.69, 9.17) is 5.11 Å². The van der Waals surface area contributed by atoms with Gasteiger partial charge >= 0.3 is 5.97 Å². The summed E-state index contributed by atoms with van der Waals surface area (Å²) in [5, 5.41) is 8.94. The number of rotatable bonds is 5. The van der Waals surface area contributed by atoms with Crippen LogP contribution < -0.4 is 0 Å². The van der Waals surface area contributed by atoms with Gasteiger partial charge in [0.05, 0.1) is 11.0 Å². The first-order chi connectivity index (χ1) is 11.4. The van der Waals surface area contributed by atoms with Crippen LogP contribution in [-0.2, 0) is 16.8 Å². The van der Waals surface area contributed by atoms with E-state index < -0.39 is 5.97 Å². The maximum absolute atomic E-state index is 13.0. The molecule has 1 saturated carbocycles. The summed E-state index contributed by atoms with van der Waals surface area (Å²) in [7, 11) is 1.81. The molecule has 1 fully saturated rings. The second kappa shape index (κ2) is 6.11. The summed E-state index contributed by atoms with van der Waals surface area (Å²) >= 11 is 0. The van der Waals surface area contributed by atoms with E-state index in [0.717, 1.165) is 24.0 Å². The minimum Gasteiger partial charge on any atom is -0.478 e. The largest absolute Gasteiger partial charge is 0.478 e. The van der Waals surface area contributed by atoms with Gasteiger partial charge in [-0.2, -0.15) is 0 Å². The molecule has 4 nitrogen and oxygen atoms in total. The fourth-order valence-corrected chi connectivity index (χ4v) is 3.16. The molecule has 0 heterocycles. The van der Waals surface area contributed by atoms with Crippen molar-refractivity contribution in [1.82, 2.24) is 4.90 Å². The van der Waals surface area contributed by atoms with E-state index in [-0.39, 0.29) is 16.9 Å². The Morgan fingerprint density at radius 2 is 1.79 bits per heavy atom. The Bertz CT molecular complexity index is 776. The molecule has 2 aromatic carbocycles. The Morgan fingerprint density at radius 1 is 1.12 bits per heavy atom. The van der Waals surface area contributed by atoms with Gasteiger partial charge in [0.15, 0.2) is 0 Å². The minimum atomic E-state index is -0.942. The van der Waals surface area contributed by atoms with Crippen molar-refractivity contribution in [3.05, 3.63) is 70.8 Å². The summed E-state index contributed by atoms with van der Waals surface area (Å²) in [6, 6.07) is 14.8. The summed E-state index contributed by atoms with van der Waals surface area (Å²) in [6.45, 7) is 2.52. The number of carbonyl (C=O) groups excluding carboxylic acids is 1. The van der Waals surface area contributed by atoms with Crippen LogP contribution >= 0.6 is 0 Å². The molecule has 124 valence electrons. The normalized spacial score (nSPS) is 14.9. The number of carbonyl (C=O) groups is 2. The lowest BCUT2D eigenvalue weighted by Crippen LogP contribution is -2.36. The van der Waals surface area contributed by atoms with Gasteiger partial charge in [-0.1, -0.05) is 42.0 Å². The number of aryl methyl sites for hydroxylation is 1. The summed E-state index contributed by atoms with van der Waals surface area (Å²) in [4.78, 5) is 25.6. The first-order valence-electron chi connectivity index (χ1n) is 8.07. The first kappa shape index (κ1) is 16.2. The van der Waals surface area contributed by atoms with Crippen LogP contribution in [0, 0.1) is 6.92 Å². The van der Waals surface area contributed by atoms with Crippen LogP contribution in [0.5, 0.6) is 0 Å². The monoisotopic (exact) mass is 323 g/mol. The number of carboxylic acids is 1. The molecule has 2 aromatic rings. The lowest BCUT2D eigenvalue weighted by molar-refractivity contribution is -0.133. The summed E-state index contributed by atoms with van der Waals surface area (Å²) in [5.74, 6) is -0.808. The van der Waals surface area contributed by atoms with E-state index >= 15 is 0 Å². The second-order valence-electron chi connectivity index (χ2n) is 6.61. The lowest BCUT2D eigenvalue weighted by atomic mass is 9.93. The van der Waals surface area contributed by atoms with Gasteiger partial charge in [-0.15, -0.1) is 0 Å². The number of hydrogen-bond donors (Lipinski definition) is 1. The average molecular weight is 323 g/mol.